The molecule has 0 saturated carbocycles. The molecule has 104 valence electrons. The van der Waals surface area contributed by atoms with E-state index in [-0.39, 0.29) is 17.4 Å². The van der Waals surface area contributed by atoms with Crippen molar-refractivity contribution in [1.29, 1.82) is 0 Å². The van der Waals surface area contributed by atoms with Crippen LogP contribution in [0.5, 0.6) is 0 Å². The number of nitrogens with zero attached hydrogens (tertiary/aromatic N) is 1. The van der Waals surface area contributed by atoms with Gasteiger partial charge in [0.05, 0.1) is 5.69 Å². The molecule has 0 bridgehead atoms. The number of benzene rings is 1. The molecule has 0 aliphatic rings. The first-order valence-corrected chi connectivity index (χ1v) is 5.91. The number of hydrogen-bond donors (Lipinski definition) is 3. The summed E-state index contributed by atoms with van der Waals surface area (Å²) in [5.74, 6) is -2.21. The molecule has 4 N–H and O–H groups in total. The number of nitrogens with two attached hydrogens (primary N) is 1. The van der Waals surface area contributed by atoms with E-state index < -0.39 is 17.6 Å². The monoisotopic (exact) mass is 267 g/mol. The number of nitrogens with one attached hydrogen (secondary N) is 1. The predicted molar refractivity (Wildman–Crippen MR) is 71.5 cm³/mol. The standard InChI is InChI=1S/C13H18FN3O2/c1-7(2)11(12(15)17-19)13(18)16-10-5-4-8(3)6-9(10)14/h4-7,11,19H,1-3H3,(H2,15,17)(H,16,18). The number of rotatable bonds is 4. The van der Waals surface area contributed by atoms with Crippen LogP contribution in [0.2, 0.25) is 0 Å². The Bertz CT molecular complexity index is 501. The Morgan fingerprint density at radius 2 is 2.11 bits per heavy atom. The SMILES string of the molecule is Cc1ccc(NC(=O)C(C(N)=NO)C(C)C)c(F)c1. The molecular weight excluding hydrogens is 249 g/mol. The summed E-state index contributed by atoms with van der Waals surface area (Å²) in [4.78, 5) is 12.0. The molecule has 5 nitrogen and oxygen atoms in total. The lowest BCUT2D eigenvalue weighted by Gasteiger charge is -2.19. The Balaban J connectivity index is 2.94. The molecule has 0 radical (unpaired) electrons. The van der Waals surface area contributed by atoms with Crippen molar-refractivity contribution in [1.82, 2.24) is 0 Å². The highest BCUT2D eigenvalue weighted by atomic mass is 19.1. The number of oxime groups is 1. The highest BCUT2D eigenvalue weighted by molar-refractivity contribution is 6.07. The zero-order chi connectivity index (χ0) is 14.6. The smallest absolute Gasteiger partial charge is 0.235 e. The van der Waals surface area contributed by atoms with Crippen LogP contribution in [0.15, 0.2) is 23.4 Å². The number of aryl methyl sites for hydroxylation is 1. The molecule has 1 atom stereocenters. The van der Waals surface area contributed by atoms with E-state index in [1.165, 1.54) is 12.1 Å². The molecule has 0 spiro atoms. The van der Waals surface area contributed by atoms with Crippen molar-refractivity contribution in [2.24, 2.45) is 22.7 Å². The fraction of sp³-hybridized carbons (Fsp3) is 0.385. The fourth-order valence-corrected chi connectivity index (χ4v) is 1.77. The lowest BCUT2D eigenvalue weighted by Crippen LogP contribution is -2.38. The van der Waals surface area contributed by atoms with Crippen molar-refractivity contribution >= 4 is 17.4 Å². The highest BCUT2D eigenvalue weighted by Crippen LogP contribution is 2.19. The van der Waals surface area contributed by atoms with Crippen LogP contribution in [0.3, 0.4) is 0 Å². The van der Waals surface area contributed by atoms with Gasteiger partial charge in [0.25, 0.3) is 0 Å². The van der Waals surface area contributed by atoms with Gasteiger partial charge in [-0.1, -0.05) is 25.1 Å². The van der Waals surface area contributed by atoms with E-state index in [1.807, 2.05) is 0 Å². The van der Waals surface area contributed by atoms with Crippen molar-refractivity contribution < 1.29 is 14.4 Å². The summed E-state index contributed by atoms with van der Waals surface area (Å²) < 4.78 is 13.6. The van der Waals surface area contributed by atoms with Gasteiger partial charge in [-0.3, -0.25) is 4.79 Å². The zero-order valence-corrected chi connectivity index (χ0v) is 11.1. The van der Waals surface area contributed by atoms with Gasteiger partial charge in [-0.25, -0.2) is 4.39 Å². The van der Waals surface area contributed by atoms with Gasteiger partial charge in [0.15, 0.2) is 5.84 Å². The summed E-state index contributed by atoms with van der Waals surface area (Å²) in [6.45, 7) is 5.27. The first-order chi connectivity index (χ1) is 8.86. The van der Waals surface area contributed by atoms with Crippen molar-refractivity contribution in [3.63, 3.8) is 0 Å². The Morgan fingerprint density at radius 1 is 1.47 bits per heavy atom. The van der Waals surface area contributed by atoms with Gasteiger partial charge in [-0.15, -0.1) is 0 Å². The number of hydrogen-bond acceptors (Lipinski definition) is 3. The second-order valence-corrected chi connectivity index (χ2v) is 4.72. The molecular formula is C13H18FN3O2. The molecule has 0 saturated heterocycles. The summed E-state index contributed by atoms with van der Waals surface area (Å²) >= 11 is 0. The van der Waals surface area contributed by atoms with Crippen molar-refractivity contribution in [2.75, 3.05) is 5.32 Å². The van der Waals surface area contributed by atoms with E-state index in [1.54, 1.807) is 26.8 Å². The van der Waals surface area contributed by atoms with Crippen LogP contribution >= 0.6 is 0 Å². The van der Waals surface area contributed by atoms with Crippen LogP contribution in [0, 0.1) is 24.6 Å². The molecule has 1 rings (SSSR count). The van der Waals surface area contributed by atoms with Gasteiger partial charge >= 0.3 is 0 Å². The second kappa shape index (κ2) is 6.17. The molecule has 6 heteroatoms. The quantitative estimate of drug-likeness (QED) is 0.338. The second-order valence-electron chi connectivity index (χ2n) is 4.72. The first kappa shape index (κ1) is 14.9. The number of amides is 1. The molecule has 1 amide bonds. The summed E-state index contributed by atoms with van der Waals surface area (Å²) in [5.41, 5.74) is 6.31. The molecule has 1 aromatic carbocycles. The molecule has 0 heterocycles. The van der Waals surface area contributed by atoms with Crippen molar-refractivity contribution in [3.05, 3.63) is 29.6 Å². The molecule has 0 aliphatic carbocycles. The van der Waals surface area contributed by atoms with Crippen LogP contribution in [0.1, 0.15) is 19.4 Å². The largest absolute Gasteiger partial charge is 0.409 e. The minimum Gasteiger partial charge on any atom is -0.409 e. The lowest BCUT2D eigenvalue weighted by molar-refractivity contribution is -0.119. The number of carbonyl (C=O) groups excluding carboxylic acids is 1. The Labute approximate surface area is 111 Å². The summed E-state index contributed by atoms with van der Waals surface area (Å²) in [7, 11) is 0. The van der Waals surface area contributed by atoms with Crippen molar-refractivity contribution in [3.8, 4) is 0 Å². The molecule has 0 aliphatic heterocycles. The molecule has 0 aromatic heterocycles. The third kappa shape index (κ3) is 3.67. The Kier molecular flexibility index (Phi) is 4.86. The van der Waals surface area contributed by atoms with Gasteiger partial charge < -0.3 is 16.3 Å². The van der Waals surface area contributed by atoms with Gasteiger partial charge in [-0.2, -0.15) is 0 Å². The minimum absolute atomic E-state index is 0.0759. The molecule has 1 unspecified atom stereocenters. The lowest BCUT2D eigenvalue weighted by atomic mass is 9.93. The number of carbonyl (C=O) groups is 1. The summed E-state index contributed by atoms with van der Waals surface area (Å²) in [5, 5.41) is 14.0. The van der Waals surface area contributed by atoms with Crippen molar-refractivity contribution in [2.45, 2.75) is 20.8 Å². The average Bonchev–Trinajstić information content (AvgIpc) is 2.32. The van der Waals surface area contributed by atoms with Gasteiger partial charge in [0.1, 0.15) is 11.7 Å². The van der Waals surface area contributed by atoms with Crippen LogP contribution in [0.4, 0.5) is 10.1 Å². The molecule has 0 fully saturated rings. The number of amidine groups is 1. The van der Waals surface area contributed by atoms with Gasteiger partial charge in [-0.05, 0) is 30.5 Å². The first-order valence-electron chi connectivity index (χ1n) is 5.91. The predicted octanol–water partition coefficient (Wildman–Crippen LogP) is 2.09. The molecule has 1 aromatic rings. The highest BCUT2D eigenvalue weighted by Gasteiger charge is 2.27. The van der Waals surface area contributed by atoms with E-state index in [4.69, 9.17) is 10.9 Å². The normalized spacial score (nSPS) is 13.4. The van der Waals surface area contributed by atoms with Gasteiger partial charge in [0.2, 0.25) is 5.91 Å². The van der Waals surface area contributed by atoms with E-state index in [0.29, 0.717) is 0 Å². The number of anilines is 1. The van der Waals surface area contributed by atoms with Crippen LogP contribution < -0.4 is 11.1 Å². The zero-order valence-electron chi connectivity index (χ0n) is 11.1. The van der Waals surface area contributed by atoms with E-state index in [9.17, 15) is 9.18 Å². The maximum atomic E-state index is 13.6. The third-order valence-electron chi connectivity index (χ3n) is 2.77. The fourth-order valence-electron chi connectivity index (χ4n) is 1.77. The maximum absolute atomic E-state index is 13.6. The van der Waals surface area contributed by atoms with Crippen LogP contribution in [-0.2, 0) is 4.79 Å². The van der Waals surface area contributed by atoms with E-state index in [0.717, 1.165) is 5.56 Å². The maximum Gasteiger partial charge on any atom is 0.235 e. The summed E-state index contributed by atoms with van der Waals surface area (Å²) in [6.07, 6.45) is 0. The summed E-state index contributed by atoms with van der Waals surface area (Å²) in [6, 6.07) is 4.49. The number of halogens is 1. The average molecular weight is 267 g/mol. The van der Waals surface area contributed by atoms with E-state index >= 15 is 0 Å². The Hall–Kier alpha value is -2.11. The third-order valence-corrected chi connectivity index (χ3v) is 2.77. The molecule has 19 heavy (non-hydrogen) atoms. The Morgan fingerprint density at radius 3 is 2.58 bits per heavy atom. The van der Waals surface area contributed by atoms with E-state index in [2.05, 4.69) is 10.5 Å². The van der Waals surface area contributed by atoms with Gasteiger partial charge in [0, 0.05) is 0 Å². The minimum atomic E-state index is -0.814. The topological polar surface area (TPSA) is 87.7 Å². The van der Waals surface area contributed by atoms with Crippen LogP contribution in [-0.4, -0.2) is 17.0 Å². The van der Waals surface area contributed by atoms with Crippen LogP contribution in [0.25, 0.3) is 0 Å².